The molecule has 22 nitrogen and oxygen atoms in total. The topological polar surface area (TPSA) is 295 Å². The molecular formula is C56H58ClN9O13S. The highest BCUT2D eigenvalue weighted by atomic mass is 35.5. The number of fused-ring (bicyclic) bond motifs is 3. The summed E-state index contributed by atoms with van der Waals surface area (Å²) in [5.74, 6) is -0.688. The van der Waals surface area contributed by atoms with Gasteiger partial charge in [0.15, 0.2) is 22.7 Å². The van der Waals surface area contributed by atoms with Gasteiger partial charge >= 0.3 is 11.7 Å². The standard InChI is InChI=1S/C16H21NO3.C14H9ClN2O3S.C13H18N4O3.C13H10N2O4/c1-19-14-7-6-11(12-9-16(18)17-10-12)8-15(14)20-13-4-2-3-5-13;15-7-3-4-9-8(6-7)11(13(19)17(9)14(16)20)12(18)10-2-1-5-21-10;1-9(18)6-4-5-7-17-12(19)10-11(14-8-15(10)2)16(3)13(17)20;16-10-6-5-9(11(17)14-10)15-12(18)7-3-1-2-4-8(7)13(15)19/h6-8,12-13H,2-5,9-10H2,1H3,(H,17,18);1-6,19H,(H2,16,20);8H,4-7H2,1-3H3;1-4,9H,5-6H2,(H,14,16,17). The number of hydrogen-bond acceptors (Lipinski definition) is 15. The number of halogens is 1. The molecule has 3 fully saturated rings. The zero-order valence-corrected chi connectivity index (χ0v) is 45.8. The summed E-state index contributed by atoms with van der Waals surface area (Å²) in [7, 11) is 4.99. The van der Waals surface area contributed by atoms with Crippen LogP contribution in [0.5, 0.6) is 17.4 Å². The van der Waals surface area contributed by atoms with Crippen LogP contribution in [0.2, 0.25) is 5.02 Å². The number of methoxy groups -OCH3 is 1. The molecule has 11 rings (SSSR count). The predicted molar refractivity (Wildman–Crippen MR) is 295 cm³/mol. The van der Waals surface area contributed by atoms with Gasteiger partial charge in [-0.15, -0.1) is 11.3 Å². The Morgan fingerprint density at radius 3 is 2.20 bits per heavy atom. The number of aryl methyl sites for hydroxylation is 2. The van der Waals surface area contributed by atoms with Crippen LogP contribution in [0.4, 0.5) is 4.79 Å². The minimum absolute atomic E-state index is 0.0220. The van der Waals surface area contributed by atoms with Crippen LogP contribution < -0.4 is 37.1 Å². The lowest BCUT2D eigenvalue weighted by Gasteiger charge is -2.27. The number of ether oxygens (including phenoxy) is 2. The summed E-state index contributed by atoms with van der Waals surface area (Å²) in [6.07, 6.45) is 9.20. The van der Waals surface area contributed by atoms with E-state index in [1.807, 2.05) is 18.2 Å². The number of ketones is 2. The number of nitrogens with two attached hydrogens (primary N) is 1. The number of unbranched alkanes of at least 4 members (excludes halogenated alkanes) is 1. The van der Waals surface area contributed by atoms with Gasteiger partial charge in [-0.2, -0.15) is 0 Å². The van der Waals surface area contributed by atoms with Crippen molar-refractivity contribution in [1.29, 1.82) is 0 Å². The van der Waals surface area contributed by atoms with Crippen molar-refractivity contribution in [2.45, 2.75) is 95.7 Å². The third-order valence-corrected chi connectivity index (χ3v) is 15.1. The van der Waals surface area contributed by atoms with Gasteiger partial charge in [0.2, 0.25) is 29.4 Å². The van der Waals surface area contributed by atoms with E-state index in [9.17, 15) is 53.1 Å². The van der Waals surface area contributed by atoms with Gasteiger partial charge < -0.3 is 35.0 Å². The summed E-state index contributed by atoms with van der Waals surface area (Å²) in [6, 6.07) is 18.7. The molecule has 3 aliphatic heterocycles. The first-order chi connectivity index (χ1) is 38.3. The Kier molecular flexibility index (Phi) is 17.9. The maximum Gasteiger partial charge on any atom is 0.332 e. The van der Waals surface area contributed by atoms with Gasteiger partial charge in [0.1, 0.15) is 11.8 Å². The first-order valence-electron chi connectivity index (χ1n) is 25.7. The number of amides is 6. The lowest BCUT2D eigenvalue weighted by molar-refractivity contribution is -0.136. The molecule has 0 radical (unpaired) electrons. The fourth-order valence-corrected chi connectivity index (χ4v) is 10.8. The van der Waals surface area contributed by atoms with Crippen LogP contribution in [0.1, 0.15) is 119 Å². The number of aromatic nitrogens is 5. The summed E-state index contributed by atoms with van der Waals surface area (Å²) in [6.45, 7) is 2.57. The molecule has 0 bridgehead atoms. The molecule has 4 aromatic heterocycles. The van der Waals surface area contributed by atoms with Crippen LogP contribution >= 0.6 is 22.9 Å². The number of piperidine rings is 1. The van der Waals surface area contributed by atoms with E-state index in [1.54, 1.807) is 73.6 Å². The Morgan fingerprint density at radius 1 is 0.875 bits per heavy atom. The minimum atomic E-state index is -0.898. The van der Waals surface area contributed by atoms with E-state index < -0.39 is 35.7 Å². The molecule has 7 aromatic rings. The molecule has 24 heteroatoms. The van der Waals surface area contributed by atoms with Gasteiger partial charge in [0, 0.05) is 62.8 Å². The van der Waals surface area contributed by atoms with Gasteiger partial charge in [-0.3, -0.25) is 52.9 Å². The van der Waals surface area contributed by atoms with Crippen LogP contribution in [-0.4, -0.2) is 106 Å². The van der Waals surface area contributed by atoms with Gasteiger partial charge in [-0.05, 0) is 111 Å². The van der Waals surface area contributed by atoms with E-state index in [-0.39, 0.29) is 59.0 Å². The second kappa shape index (κ2) is 25.0. The van der Waals surface area contributed by atoms with Gasteiger partial charge in [-0.25, -0.2) is 19.1 Å². The van der Waals surface area contributed by atoms with Crippen LogP contribution in [0.25, 0.3) is 22.1 Å². The molecule has 0 spiro atoms. The first kappa shape index (κ1) is 57.5. The Morgan fingerprint density at radius 2 is 1.59 bits per heavy atom. The number of nitrogens with zero attached hydrogens (tertiary/aromatic N) is 6. The summed E-state index contributed by atoms with van der Waals surface area (Å²) in [5, 5.41) is 17.8. The van der Waals surface area contributed by atoms with E-state index in [0.29, 0.717) is 88.0 Å². The smallest absolute Gasteiger partial charge is 0.332 e. The monoisotopic (exact) mass is 1130 g/mol. The van der Waals surface area contributed by atoms with E-state index in [1.165, 1.54) is 58.7 Å². The lowest BCUT2D eigenvalue weighted by atomic mass is 9.98. The number of hydrogen-bond donors (Lipinski definition) is 4. The molecule has 4 aliphatic rings. The fourth-order valence-electron chi connectivity index (χ4n) is 9.95. The highest BCUT2D eigenvalue weighted by molar-refractivity contribution is 7.12. The highest BCUT2D eigenvalue weighted by Crippen LogP contribution is 2.37. The molecule has 7 heterocycles. The largest absolute Gasteiger partial charge is 0.494 e. The molecule has 418 valence electrons. The molecule has 6 amide bonds. The number of carbonyl (C=O) groups excluding carboxylic acids is 8. The van der Waals surface area contributed by atoms with Crippen LogP contribution in [-0.2, 0) is 39.8 Å². The molecule has 80 heavy (non-hydrogen) atoms. The zero-order valence-electron chi connectivity index (χ0n) is 44.2. The number of rotatable bonds is 12. The van der Waals surface area contributed by atoms with E-state index in [2.05, 4.69) is 15.6 Å². The normalized spacial score (nSPS) is 16.7. The van der Waals surface area contributed by atoms with Crippen molar-refractivity contribution in [3.05, 3.63) is 137 Å². The van der Waals surface area contributed by atoms with Crippen molar-refractivity contribution in [1.82, 2.24) is 38.8 Å². The Labute approximate surface area is 466 Å². The van der Waals surface area contributed by atoms with Gasteiger partial charge in [0.25, 0.3) is 17.4 Å². The first-order valence-corrected chi connectivity index (χ1v) is 27.0. The van der Waals surface area contributed by atoms with Crippen molar-refractivity contribution in [3.8, 4) is 17.4 Å². The van der Waals surface area contributed by atoms with Crippen LogP contribution in [0.15, 0.2) is 94.1 Å². The maximum atomic E-state index is 12.5. The summed E-state index contributed by atoms with van der Waals surface area (Å²) in [5.41, 5.74) is 7.50. The molecule has 2 unspecified atom stereocenters. The molecule has 3 aromatic carbocycles. The van der Waals surface area contributed by atoms with Crippen molar-refractivity contribution in [2.75, 3.05) is 13.7 Å². The lowest BCUT2D eigenvalue weighted by Crippen LogP contribution is -2.54. The van der Waals surface area contributed by atoms with Crippen molar-refractivity contribution in [3.63, 3.8) is 0 Å². The molecular weight excluding hydrogens is 1070 g/mol. The average Bonchev–Trinajstić information content (AvgIpc) is 4.40. The maximum absolute atomic E-state index is 12.5. The number of aromatic hydroxyl groups is 1. The number of carbonyl (C=O) groups is 8. The molecule has 5 N–H and O–H groups in total. The van der Waals surface area contributed by atoms with Crippen LogP contribution in [0.3, 0.4) is 0 Å². The summed E-state index contributed by atoms with van der Waals surface area (Å²) >= 11 is 7.19. The zero-order chi connectivity index (χ0) is 57.5. The number of nitrogens with one attached hydrogen (secondary N) is 2. The third kappa shape index (κ3) is 12.3. The average molecular weight is 1130 g/mol. The van der Waals surface area contributed by atoms with Gasteiger partial charge in [0.05, 0.1) is 46.6 Å². The predicted octanol–water partition coefficient (Wildman–Crippen LogP) is 6.12. The minimum Gasteiger partial charge on any atom is -0.494 e. The summed E-state index contributed by atoms with van der Waals surface area (Å²) in [4.78, 5) is 123. The number of imide groups is 2. The third-order valence-electron chi connectivity index (χ3n) is 14.0. The van der Waals surface area contributed by atoms with E-state index in [4.69, 9.17) is 26.8 Å². The van der Waals surface area contributed by atoms with Gasteiger partial charge in [-0.1, -0.05) is 35.9 Å². The number of thiophene rings is 1. The van der Waals surface area contributed by atoms with Crippen molar-refractivity contribution < 1.29 is 52.9 Å². The van der Waals surface area contributed by atoms with E-state index in [0.717, 1.165) is 39.4 Å². The quantitative estimate of drug-likeness (QED) is 0.0609. The fraction of sp³-hybridized carbons (Fsp3) is 0.339. The Hall–Kier alpha value is -8.70. The van der Waals surface area contributed by atoms with Crippen molar-refractivity contribution in [2.24, 2.45) is 19.8 Å². The van der Waals surface area contributed by atoms with Crippen molar-refractivity contribution >= 4 is 92.1 Å². The number of benzene rings is 3. The number of imidazole rings is 1. The summed E-state index contributed by atoms with van der Waals surface area (Å²) < 4.78 is 16.6. The molecule has 2 atom stereocenters. The molecule has 2 saturated heterocycles. The SMILES string of the molecule is CC(=O)CCCCn1c(=O)c2c(ncn2C)n(C)c1=O.COc1ccc(C2CNC(=O)C2)cc1OC1CCCC1.NC(=O)n1c(O)c(C(=O)c2cccs2)c2cc(Cl)ccc21.O=C1CCC(N2C(=O)c3ccccc3C2=O)C(=O)N1. The molecule has 1 saturated carbocycles. The van der Waals surface area contributed by atoms with Crippen LogP contribution in [0, 0.1) is 0 Å². The molecule has 1 aliphatic carbocycles. The second-order valence-electron chi connectivity index (χ2n) is 19.5. The Bertz CT molecular complexity index is 3670. The van der Waals surface area contributed by atoms with E-state index >= 15 is 0 Å². The highest BCUT2D eigenvalue weighted by Gasteiger charge is 2.44. The Balaban J connectivity index is 0.000000140. The number of Topliss-reactive ketones (excluding diaryl/α,β-unsaturated/α-hetero) is 1. The number of primary amides is 1. The second-order valence-corrected chi connectivity index (χ2v) is 20.8.